The van der Waals surface area contributed by atoms with Crippen LogP contribution in [0.4, 0.5) is 4.79 Å². The molecule has 1 atom stereocenters. The third-order valence-electron chi connectivity index (χ3n) is 4.13. The molecule has 0 spiro atoms. The maximum atomic E-state index is 13.4. The number of carbonyl (C=O) groups is 2. The van der Waals surface area contributed by atoms with Crippen LogP contribution in [0.1, 0.15) is 22.2 Å². The molecule has 28 heavy (non-hydrogen) atoms. The summed E-state index contributed by atoms with van der Waals surface area (Å²) in [5.41, 5.74) is 0.452. The largest absolute Gasteiger partial charge is 0.496 e. The standard InChI is InChI=1S/C20H20N2O5S/c1-26-17-9-3-2-8-16(17)18(21-20(24)25)19(23)22(12-14-6-4-10-27-14)13-15-7-5-11-28-15/h2-11,18,21H,12-13H2,1H3,(H,24,25). The molecular weight excluding hydrogens is 380 g/mol. The Kier molecular flexibility index (Phi) is 6.33. The average molecular weight is 400 g/mol. The normalized spacial score (nSPS) is 11.6. The first-order chi connectivity index (χ1) is 13.6. The quantitative estimate of drug-likeness (QED) is 0.599. The van der Waals surface area contributed by atoms with Gasteiger partial charge in [0, 0.05) is 10.4 Å². The minimum atomic E-state index is -1.29. The van der Waals surface area contributed by atoms with Crippen molar-refractivity contribution in [3.05, 3.63) is 76.4 Å². The number of amides is 2. The fourth-order valence-corrected chi connectivity index (χ4v) is 3.60. The van der Waals surface area contributed by atoms with Crippen LogP contribution in [-0.2, 0) is 17.9 Å². The van der Waals surface area contributed by atoms with Crippen molar-refractivity contribution in [1.29, 1.82) is 0 Å². The number of nitrogens with one attached hydrogen (secondary N) is 1. The van der Waals surface area contributed by atoms with Crippen LogP contribution in [0.25, 0.3) is 0 Å². The van der Waals surface area contributed by atoms with Gasteiger partial charge < -0.3 is 24.5 Å². The van der Waals surface area contributed by atoms with Crippen LogP contribution in [-0.4, -0.2) is 29.1 Å². The van der Waals surface area contributed by atoms with E-state index in [1.807, 2.05) is 17.5 Å². The molecule has 146 valence electrons. The smallest absolute Gasteiger partial charge is 0.405 e. The molecule has 0 bridgehead atoms. The van der Waals surface area contributed by atoms with Crippen molar-refractivity contribution >= 4 is 23.3 Å². The molecular formula is C20H20N2O5S. The van der Waals surface area contributed by atoms with Crippen LogP contribution in [0, 0.1) is 0 Å². The van der Waals surface area contributed by atoms with Gasteiger partial charge in [-0.25, -0.2) is 4.79 Å². The summed E-state index contributed by atoms with van der Waals surface area (Å²) in [6, 6.07) is 13.1. The summed E-state index contributed by atoms with van der Waals surface area (Å²) >= 11 is 1.52. The predicted octanol–water partition coefficient (Wildman–Crippen LogP) is 3.89. The molecule has 3 rings (SSSR count). The number of methoxy groups -OCH3 is 1. The number of furan rings is 1. The minimum Gasteiger partial charge on any atom is -0.496 e. The van der Waals surface area contributed by atoms with Crippen molar-refractivity contribution in [2.24, 2.45) is 0 Å². The Morgan fingerprint density at radius 2 is 2.00 bits per heavy atom. The van der Waals surface area contributed by atoms with Gasteiger partial charge in [-0.05, 0) is 29.6 Å². The third-order valence-corrected chi connectivity index (χ3v) is 4.99. The van der Waals surface area contributed by atoms with Crippen LogP contribution in [0.15, 0.2) is 64.6 Å². The Balaban J connectivity index is 1.94. The van der Waals surface area contributed by atoms with Crippen molar-refractivity contribution in [3.8, 4) is 5.75 Å². The van der Waals surface area contributed by atoms with Gasteiger partial charge in [0.1, 0.15) is 17.6 Å². The Hall–Kier alpha value is -3.26. The van der Waals surface area contributed by atoms with Gasteiger partial charge in [0.15, 0.2) is 0 Å². The lowest BCUT2D eigenvalue weighted by Gasteiger charge is -2.27. The second kappa shape index (κ2) is 9.09. The minimum absolute atomic E-state index is 0.219. The molecule has 0 aliphatic rings. The number of ether oxygens (including phenoxy) is 1. The van der Waals surface area contributed by atoms with E-state index in [1.54, 1.807) is 41.3 Å². The van der Waals surface area contributed by atoms with E-state index in [0.29, 0.717) is 23.6 Å². The molecule has 1 unspecified atom stereocenters. The van der Waals surface area contributed by atoms with Gasteiger partial charge in [0.05, 0.1) is 26.5 Å². The molecule has 1 aromatic carbocycles. The highest BCUT2D eigenvalue weighted by Crippen LogP contribution is 2.28. The monoisotopic (exact) mass is 400 g/mol. The second-order valence-electron chi connectivity index (χ2n) is 5.98. The average Bonchev–Trinajstić information content (AvgIpc) is 3.39. The summed E-state index contributed by atoms with van der Waals surface area (Å²) in [4.78, 5) is 27.4. The van der Waals surface area contributed by atoms with E-state index < -0.39 is 18.0 Å². The van der Waals surface area contributed by atoms with Gasteiger partial charge >= 0.3 is 6.09 Å². The van der Waals surface area contributed by atoms with Crippen molar-refractivity contribution in [1.82, 2.24) is 10.2 Å². The number of hydrogen-bond donors (Lipinski definition) is 2. The summed E-state index contributed by atoms with van der Waals surface area (Å²) < 4.78 is 10.7. The summed E-state index contributed by atoms with van der Waals surface area (Å²) in [5, 5.41) is 13.6. The number of benzene rings is 1. The molecule has 0 aliphatic carbocycles. The first kappa shape index (κ1) is 19.5. The van der Waals surface area contributed by atoms with E-state index >= 15 is 0 Å². The van der Waals surface area contributed by atoms with Crippen LogP contribution in [0.2, 0.25) is 0 Å². The number of thiophene rings is 1. The Morgan fingerprint density at radius 3 is 2.64 bits per heavy atom. The Labute approximate surface area is 166 Å². The summed E-state index contributed by atoms with van der Waals surface area (Å²) in [6.07, 6.45) is 0.245. The number of rotatable bonds is 8. The van der Waals surface area contributed by atoms with Crippen molar-refractivity contribution in [3.63, 3.8) is 0 Å². The lowest BCUT2D eigenvalue weighted by molar-refractivity contribution is -0.135. The fourth-order valence-electron chi connectivity index (χ4n) is 2.88. The second-order valence-corrected chi connectivity index (χ2v) is 7.01. The summed E-state index contributed by atoms with van der Waals surface area (Å²) in [6.45, 7) is 0.556. The molecule has 0 radical (unpaired) electrons. The summed E-state index contributed by atoms with van der Waals surface area (Å²) in [5.74, 6) is 0.652. The van der Waals surface area contributed by atoms with Gasteiger partial charge in [-0.1, -0.05) is 24.3 Å². The fraction of sp³-hybridized carbons (Fsp3) is 0.200. The molecule has 2 N–H and O–H groups in total. The highest BCUT2D eigenvalue weighted by Gasteiger charge is 2.30. The van der Waals surface area contributed by atoms with E-state index in [-0.39, 0.29) is 6.54 Å². The molecule has 8 heteroatoms. The van der Waals surface area contributed by atoms with Gasteiger partial charge in [-0.3, -0.25) is 4.79 Å². The van der Waals surface area contributed by atoms with E-state index in [2.05, 4.69) is 5.32 Å². The first-order valence-corrected chi connectivity index (χ1v) is 9.42. The lowest BCUT2D eigenvalue weighted by atomic mass is 10.0. The van der Waals surface area contributed by atoms with Gasteiger partial charge in [0.2, 0.25) is 0 Å². The zero-order chi connectivity index (χ0) is 19.9. The maximum Gasteiger partial charge on any atom is 0.405 e. The number of para-hydroxylation sites is 1. The lowest BCUT2D eigenvalue weighted by Crippen LogP contribution is -2.42. The van der Waals surface area contributed by atoms with Crippen molar-refractivity contribution in [2.75, 3.05) is 7.11 Å². The molecule has 2 amide bonds. The molecule has 7 nitrogen and oxygen atoms in total. The van der Waals surface area contributed by atoms with Gasteiger partial charge in [-0.15, -0.1) is 11.3 Å². The van der Waals surface area contributed by atoms with Crippen molar-refractivity contribution < 1.29 is 23.8 Å². The molecule has 0 aliphatic heterocycles. The zero-order valence-corrected chi connectivity index (χ0v) is 16.0. The zero-order valence-electron chi connectivity index (χ0n) is 15.2. The SMILES string of the molecule is COc1ccccc1C(NC(=O)O)C(=O)N(Cc1ccco1)Cc1cccs1. The number of carboxylic acid groups (broad SMARTS) is 1. The molecule has 0 fully saturated rings. The topological polar surface area (TPSA) is 92.0 Å². The molecule has 0 saturated carbocycles. The maximum absolute atomic E-state index is 13.4. The number of nitrogens with zero attached hydrogens (tertiary/aromatic N) is 1. The number of hydrogen-bond acceptors (Lipinski definition) is 5. The third kappa shape index (κ3) is 4.72. The van der Waals surface area contributed by atoms with Gasteiger partial charge in [-0.2, -0.15) is 0 Å². The predicted molar refractivity (Wildman–Crippen MR) is 104 cm³/mol. The van der Waals surface area contributed by atoms with Crippen molar-refractivity contribution in [2.45, 2.75) is 19.1 Å². The van der Waals surface area contributed by atoms with Crippen LogP contribution in [0.5, 0.6) is 5.75 Å². The van der Waals surface area contributed by atoms with Crippen LogP contribution in [0.3, 0.4) is 0 Å². The van der Waals surface area contributed by atoms with E-state index in [9.17, 15) is 14.7 Å². The number of carbonyl (C=O) groups excluding carboxylic acids is 1. The highest BCUT2D eigenvalue weighted by atomic mass is 32.1. The summed E-state index contributed by atoms with van der Waals surface area (Å²) in [7, 11) is 1.48. The van der Waals surface area contributed by atoms with Crippen LogP contribution < -0.4 is 10.1 Å². The molecule has 2 aromatic heterocycles. The van der Waals surface area contributed by atoms with Gasteiger partial charge in [0.25, 0.3) is 5.91 Å². The Morgan fingerprint density at radius 1 is 1.18 bits per heavy atom. The Bertz CT molecular complexity index is 872. The highest BCUT2D eigenvalue weighted by molar-refractivity contribution is 7.09. The first-order valence-electron chi connectivity index (χ1n) is 8.54. The van der Waals surface area contributed by atoms with Crippen LogP contribution >= 0.6 is 11.3 Å². The van der Waals surface area contributed by atoms with E-state index in [1.165, 1.54) is 24.7 Å². The molecule has 0 saturated heterocycles. The molecule has 2 heterocycles. The van der Waals surface area contributed by atoms with E-state index in [0.717, 1.165) is 4.88 Å². The van der Waals surface area contributed by atoms with E-state index in [4.69, 9.17) is 9.15 Å². The molecule has 3 aromatic rings.